The van der Waals surface area contributed by atoms with Gasteiger partial charge in [0, 0.05) is 0 Å². The van der Waals surface area contributed by atoms with Crippen LogP contribution in [0.2, 0.25) is 0 Å². The molecule has 0 radical (unpaired) electrons. The summed E-state index contributed by atoms with van der Waals surface area (Å²) in [4.78, 5) is 0.548. The number of hydrogen-bond donors (Lipinski definition) is 0. The van der Waals surface area contributed by atoms with Gasteiger partial charge in [-0.3, -0.25) is 0 Å². The molecule has 0 heterocycles. The molecule has 3 aromatic rings. The summed E-state index contributed by atoms with van der Waals surface area (Å²) in [6, 6.07) is 23.2. The minimum absolute atomic E-state index is 0.122. The van der Waals surface area contributed by atoms with E-state index in [0.717, 1.165) is 0 Å². The van der Waals surface area contributed by atoms with Crippen LogP contribution in [0.3, 0.4) is 0 Å². The molecular formula is C20H18O4S2. The Kier molecular flexibility index (Phi) is 5.25. The van der Waals surface area contributed by atoms with Crippen molar-refractivity contribution in [2.24, 2.45) is 0 Å². The molecule has 3 aromatic carbocycles. The highest BCUT2D eigenvalue weighted by Gasteiger charge is 2.17. The first-order valence-electron chi connectivity index (χ1n) is 8.00. The lowest BCUT2D eigenvalue weighted by Crippen LogP contribution is -2.06. The van der Waals surface area contributed by atoms with Crippen LogP contribution in [0.1, 0.15) is 11.1 Å². The molecule has 0 saturated heterocycles. The topological polar surface area (TPSA) is 68.3 Å². The van der Waals surface area contributed by atoms with Gasteiger partial charge in [-0.2, -0.15) is 0 Å². The Labute approximate surface area is 154 Å². The molecular weight excluding hydrogens is 368 g/mol. The SMILES string of the molecule is O=S(=O)(Cc1ccc(CS(=O)(=O)c2ccccc2)cc1)c1ccccc1. The average molecular weight is 386 g/mol. The van der Waals surface area contributed by atoms with Crippen molar-refractivity contribution in [1.82, 2.24) is 0 Å². The van der Waals surface area contributed by atoms with E-state index in [1.807, 2.05) is 0 Å². The van der Waals surface area contributed by atoms with Gasteiger partial charge in [0.05, 0.1) is 21.3 Å². The third-order valence-corrected chi connectivity index (χ3v) is 7.35. The smallest absolute Gasteiger partial charge is 0.182 e. The van der Waals surface area contributed by atoms with Crippen LogP contribution >= 0.6 is 0 Å². The fourth-order valence-electron chi connectivity index (χ4n) is 2.59. The molecule has 134 valence electrons. The number of sulfone groups is 2. The summed E-state index contributed by atoms with van der Waals surface area (Å²) < 4.78 is 49.6. The lowest BCUT2D eigenvalue weighted by molar-refractivity contribution is 0.593. The first-order chi connectivity index (χ1) is 12.4. The summed E-state index contributed by atoms with van der Waals surface area (Å²) in [7, 11) is -6.85. The van der Waals surface area contributed by atoms with E-state index in [0.29, 0.717) is 11.1 Å². The van der Waals surface area contributed by atoms with E-state index < -0.39 is 19.7 Å². The van der Waals surface area contributed by atoms with Gasteiger partial charge in [0.15, 0.2) is 19.7 Å². The second-order valence-corrected chi connectivity index (χ2v) is 9.94. The van der Waals surface area contributed by atoms with E-state index in [1.165, 1.54) is 0 Å². The third-order valence-electron chi connectivity index (χ3n) is 3.94. The maximum absolute atomic E-state index is 12.4. The van der Waals surface area contributed by atoms with Crippen LogP contribution in [0.4, 0.5) is 0 Å². The number of hydrogen-bond acceptors (Lipinski definition) is 4. The minimum Gasteiger partial charge on any atom is -0.223 e. The van der Waals surface area contributed by atoms with Gasteiger partial charge in [0.25, 0.3) is 0 Å². The van der Waals surface area contributed by atoms with Gasteiger partial charge in [0.1, 0.15) is 0 Å². The first-order valence-corrected chi connectivity index (χ1v) is 11.3. The molecule has 0 bridgehead atoms. The van der Waals surface area contributed by atoms with E-state index in [-0.39, 0.29) is 21.3 Å². The summed E-state index contributed by atoms with van der Waals surface area (Å²) in [6.45, 7) is 0. The van der Waals surface area contributed by atoms with Crippen LogP contribution in [-0.2, 0) is 31.2 Å². The lowest BCUT2D eigenvalue weighted by Gasteiger charge is -2.07. The van der Waals surface area contributed by atoms with Gasteiger partial charge in [-0.1, -0.05) is 60.7 Å². The third kappa shape index (κ3) is 4.39. The van der Waals surface area contributed by atoms with Crippen molar-refractivity contribution in [3.8, 4) is 0 Å². The maximum Gasteiger partial charge on any atom is 0.182 e. The molecule has 0 aliphatic heterocycles. The van der Waals surface area contributed by atoms with Gasteiger partial charge in [0.2, 0.25) is 0 Å². The van der Waals surface area contributed by atoms with Crippen molar-refractivity contribution in [3.63, 3.8) is 0 Å². The Morgan fingerprint density at radius 3 is 1.08 bits per heavy atom. The van der Waals surface area contributed by atoms with Gasteiger partial charge < -0.3 is 0 Å². The molecule has 0 fully saturated rings. The van der Waals surface area contributed by atoms with Crippen LogP contribution in [0.5, 0.6) is 0 Å². The zero-order valence-corrected chi connectivity index (χ0v) is 15.6. The Hall–Kier alpha value is -2.44. The second-order valence-electron chi connectivity index (χ2n) is 5.96. The van der Waals surface area contributed by atoms with Crippen LogP contribution in [0.25, 0.3) is 0 Å². The highest BCUT2D eigenvalue weighted by atomic mass is 32.2. The van der Waals surface area contributed by atoms with Crippen molar-refractivity contribution >= 4 is 19.7 Å². The van der Waals surface area contributed by atoms with Crippen molar-refractivity contribution in [2.75, 3.05) is 0 Å². The standard InChI is InChI=1S/C20H18O4S2/c21-25(22,19-7-3-1-4-8-19)15-17-11-13-18(14-12-17)16-26(23,24)20-9-5-2-6-10-20/h1-14H,15-16H2. The molecule has 0 saturated carbocycles. The molecule has 0 spiro atoms. The number of rotatable bonds is 6. The van der Waals surface area contributed by atoms with Gasteiger partial charge >= 0.3 is 0 Å². The Bertz CT molecular complexity index is 981. The van der Waals surface area contributed by atoms with E-state index in [1.54, 1.807) is 84.9 Å². The quantitative estimate of drug-likeness (QED) is 0.649. The molecule has 0 unspecified atom stereocenters. The normalized spacial score (nSPS) is 12.0. The van der Waals surface area contributed by atoms with Crippen molar-refractivity contribution in [1.29, 1.82) is 0 Å². The van der Waals surface area contributed by atoms with E-state index >= 15 is 0 Å². The van der Waals surface area contributed by atoms with E-state index in [9.17, 15) is 16.8 Å². The predicted molar refractivity (Wildman–Crippen MR) is 101 cm³/mol. The molecule has 0 amide bonds. The first kappa shape index (κ1) is 18.4. The van der Waals surface area contributed by atoms with E-state index in [2.05, 4.69) is 0 Å². The highest BCUT2D eigenvalue weighted by molar-refractivity contribution is 7.91. The van der Waals surface area contributed by atoms with Crippen molar-refractivity contribution in [3.05, 3.63) is 96.1 Å². The molecule has 0 aliphatic rings. The maximum atomic E-state index is 12.4. The van der Waals surface area contributed by atoms with Gasteiger partial charge in [-0.15, -0.1) is 0 Å². The zero-order chi connectivity index (χ0) is 18.6. The molecule has 3 rings (SSSR count). The average Bonchev–Trinajstić information content (AvgIpc) is 2.64. The largest absolute Gasteiger partial charge is 0.223 e. The van der Waals surface area contributed by atoms with E-state index in [4.69, 9.17) is 0 Å². The highest BCUT2D eigenvalue weighted by Crippen LogP contribution is 2.19. The number of benzene rings is 3. The lowest BCUT2D eigenvalue weighted by atomic mass is 10.2. The zero-order valence-electron chi connectivity index (χ0n) is 13.9. The summed E-state index contributed by atoms with van der Waals surface area (Å²) >= 11 is 0. The summed E-state index contributed by atoms with van der Waals surface area (Å²) in [5.41, 5.74) is 1.24. The van der Waals surface area contributed by atoms with Crippen molar-refractivity contribution in [2.45, 2.75) is 21.3 Å². The molecule has 0 atom stereocenters. The monoisotopic (exact) mass is 386 g/mol. The fourth-order valence-corrected chi connectivity index (χ4v) is 5.33. The molecule has 26 heavy (non-hydrogen) atoms. The summed E-state index contributed by atoms with van der Waals surface area (Å²) in [5, 5.41) is 0. The van der Waals surface area contributed by atoms with Crippen LogP contribution < -0.4 is 0 Å². The molecule has 6 heteroatoms. The van der Waals surface area contributed by atoms with Crippen molar-refractivity contribution < 1.29 is 16.8 Å². The van der Waals surface area contributed by atoms with Crippen LogP contribution in [0, 0.1) is 0 Å². The molecule has 0 aromatic heterocycles. The van der Waals surface area contributed by atoms with Gasteiger partial charge in [-0.05, 0) is 35.4 Å². The predicted octanol–water partition coefficient (Wildman–Crippen LogP) is 3.63. The molecule has 4 nitrogen and oxygen atoms in total. The molecule has 0 aliphatic carbocycles. The van der Waals surface area contributed by atoms with Crippen LogP contribution in [-0.4, -0.2) is 16.8 Å². The summed E-state index contributed by atoms with van der Waals surface area (Å²) in [5.74, 6) is -0.245. The summed E-state index contributed by atoms with van der Waals surface area (Å²) in [6.07, 6.45) is 0. The second kappa shape index (κ2) is 7.43. The van der Waals surface area contributed by atoms with Gasteiger partial charge in [-0.25, -0.2) is 16.8 Å². The molecule has 0 N–H and O–H groups in total. The minimum atomic E-state index is -3.42. The fraction of sp³-hybridized carbons (Fsp3) is 0.100. The Morgan fingerprint density at radius 2 is 0.769 bits per heavy atom. The Morgan fingerprint density at radius 1 is 0.462 bits per heavy atom. The Balaban J connectivity index is 1.75. The van der Waals surface area contributed by atoms with Crippen LogP contribution in [0.15, 0.2) is 94.7 Å².